The average molecular weight is 317 g/mol. The van der Waals surface area contributed by atoms with Crippen molar-refractivity contribution in [3.8, 4) is 0 Å². The lowest BCUT2D eigenvalue weighted by Crippen LogP contribution is -2.32. The molecule has 0 saturated heterocycles. The Bertz CT molecular complexity index is 680. The molecule has 0 radical (unpaired) electrons. The minimum Gasteiger partial charge on any atom is -0.345 e. The zero-order valence-corrected chi connectivity index (χ0v) is 13.6. The summed E-state index contributed by atoms with van der Waals surface area (Å²) in [6.07, 6.45) is 0.944. The number of aryl methyl sites for hydroxylation is 1. The van der Waals surface area contributed by atoms with Gasteiger partial charge in [-0.3, -0.25) is 4.79 Å². The van der Waals surface area contributed by atoms with Crippen LogP contribution in [0.15, 0.2) is 42.5 Å². The van der Waals surface area contributed by atoms with Crippen LogP contribution in [0.4, 0.5) is 8.78 Å². The van der Waals surface area contributed by atoms with Gasteiger partial charge < -0.3 is 5.32 Å². The molecule has 122 valence electrons. The maximum Gasteiger partial charge on any atom is 0.254 e. The van der Waals surface area contributed by atoms with Crippen molar-refractivity contribution in [2.45, 2.75) is 33.2 Å². The van der Waals surface area contributed by atoms with Crippen LogP contribution in [0, 0.1) is 17.6 Å². The fourth-order valence-electron chi connectivity index (χ4n) is 2.49. The normalized spacial score (nSPS) is 12.3. The minimum atomic E-state index is -0.855. The molecule has 0 spiro atoms. The molecule has 2 nitrogen and oxygen atoms in total. The third-order valence-corrected chi connectivity index (χ3v) is 3.88. The molecule has 2 aromatic carbocycles. The van der Waals surface area contributed by atoms with Crippen molar-refractivity contribution in [1.82, 2.24) is 5.32 Å². The predicted molar refractivity (Wildman–Crippen MR) is 87.2 cm³/mol. The highest BCUT2D eigenvalue weighted by atomic mass is 19.1. The van der Waals surface area contributed by atoms with Crippen LogP contribution in [0.5, 0.6) is 0 Å². The van der Waals surface area contributed by atoms with Crippen molar-refractivity contribution in [1.29, 1.82) is 0 Å². The molecular formula is C19H21F2NO. The summed E-state index contributed by atoms with van der Waals surface area (Å²) in [6, 6.07) is 10.7. The van der Waals surface area contributed by atoms with E-state index in [9.17, 15) is 13.6 Å². The molecule has 2 aromatic rings. The molecule has 0 fully saturated rings. The Hall–Kier alpha value is -2.23. The van der Waals surface area contributed by atoms with Gasteiger partial charge in [0.2, 0.25) is 0 Å². The Morgan fingerprint density at radius 2 is 1.74 bits per heavy atom. The van der Waals surface area contributed by atoms with E-state index in [0.717, 1.165) is 30.2 Å². The van der Waals surface area contributed by atoms with Gasteiger partial charge in [0.25, 0.3) is 5.91 Å². The number of amides is 1. The molecule has 23 heavy (non-hydrogen) atoms. The number of benzene rings is 2. The maximum absolute atomic E-state index is 13.8. The zero-order chi connectivity index (χ0) is 17.0. The molecular weight excluding hydrogens is 296 g/mol. The summed E-state index contributed by atoms with van der Waals surface area (Å²) in [5.41, 5.74) is 2.03. The van der Waals surface area contributed by atoms with Gasteiger partial charge in [-0.05, 0) is 35.6 Å². The monoisotopic (exact) mass is 317 g/mol. The first-order valence-electron chi connectivity index (χ1n) is 7.77. The average Bonchev–Trinajstić information content (AvgIpc) is 2.52. The number of nitrogens with one attached hydrogen (secondary N) is 1. The van der Waals surface area contributed by atoms with E-state index in [1.807, 2.05) is 38.1 Å². The standard InChI is InChI=1S/C19H21F2NO/c1-4-13-5-7-14(8-6-13)18(12(2)3)22-19(23)16-10-9-15(20)11-17(16)21/h5-12,18H,4H2,1-3H3,(H,22,23). The fraction of sp³-hybridized carbons (Fsp3) is 0.316. The molecule has 0 aliphatic carbocycles. The number of hydrogen-bond acceptors (Lipinski definition) is 1. The number of hydrogen-bond donors (Lipinski definition) is 1. The summed E-state index contributed by atoms with van der Waals surface area (Å²) in [4.78, 5) is 12.3. The summed E-state index contributed by atoms with van der Waals surface area (Å²) in [7, 11) is 0. The second kappa shape index (κ2) is 7.36. The van der Waals surface area contributed by atoms with Crippen LogP contribution in [-0.2, 0) is 6.42 Å². The Labute approximate surface area is 135 Å². The Morgan fingerprint density at radius 1 is 1.09 bits per heavy atom. The van der Waals surface area contributed by atoms with Crippen LogP contribution in [0.1, 0.15) is 48.3 Å². The molecule has 0 bridgehead atoms. The Balaban J connectivity index is 2.23. The highest BCUT2D eigenvalue weighted by molar-refractivity contribution is 5.94. The summed E-state index contributed by atoms with van der Waals surface area (Å²) in [5.74, 6) is -1.96. The van der Waals surface area contributed by atoms with E-state index >= 15 is 0 Å². The molecule has 1 N–H and O–H groups in total. The van der Waals surface area contributed by atoms with Gasteiger partial charge in [-0.2, -0.15) is 0 Å². The van der Waals surface area contributed by atoms with Crippen LogP contribution >= 0.6 is 0 Å². The first kappa shape index (κ1) is 17.1. The van der Waals surface area contributed by atoms with Crippen molar-refractivity contribution in [2.24, 2.45) is 5.92 Å². The Kier molecular flexibility index (Phi) is 5.48. The highest BCUT2D eigenvalue weighted by Gasteiger charge is 2.21. The van der Waals surface area contributed by atoms with Crippen LogP contribution in [0.25, 0.3) is 0 Å². The van der Waals surface area contributed by atoms with E-state index in [1.54, 1.807) is 0 Å². The summed E-state index contributed by atoms with van der Waals surface area (Å²) in [6.45, 7) is 6.05. The fourth-order valence-corrected chi connectivity index (χ4v) is 2.49. The lowest BCUT2D eigenvalue weighted by molar-refractivity contribution is 0.0921. The van der Waals surface area contributed by atoms with E-state index < -0.39 is 17.5 Å². The highest BCUT2D eigenvalue weighted by Crippen LogP contribution is 2.23. The number of halogens is 2. The molecule has 0 aliphatic rings. The maximum atomic E-state index is 13.8. The van der Waals surface area contributed by atoms with Gasteiger partial charge in [-0.1, -0.05) is 45.0 Å². The smallest absolute Gasteiger partial charge is 0.254 e. The van der Waals surface area contributed by atoms with Crippen LogP contribution in [-0.4, -0.2) is 5.91 Å². The lowest BCUT2D eigenvalue weighted by atomic mass is 9.94. The number of rotatable bonds is 5. The van der Waals surface area contributed by atoms with Gasteiger partial charge in [0.05, 0.1) is 11.6 Å². The van der Waals surface area contributed by atoms with Crippen LogP contribution in [0.2, 0.25) is 0 Å². The predicted octanol–water partition coefficient (Wildman–Crippen LogP) is 4.65. The van der Waals surface area contributed by atoms with Crippen molar-refractivity contribution in [2.75, 3.05) is 0 Å². The van der Waals surface area contributed by atoms with Gasteiger partial charge in [0.1, 0.15) is 11.6 Å². The third kappa shape index (κ3) is 4.15. The van der Waals surface area contributed by atoms with E-state index in [2.05, 4.69) is 12.2 Å². The van der Waals surface area contributed by atoms with Gasteiger partial charge in [-0.15, -0.1) is 0 Å². The molecule has 4 heteroatoms. The first-order chi connectivity index (χ1) is 10.9. The van der Waals surface area contributed by atoms with Gasteiger partial charge in [-0.25, -0.2) is 8.78 Å². The molecule has 0 aromatic heterocycles. The van der Waals surface area contributed by atoms with Gasteiger partial charge in [0.15, 0.2) is 0 Å². The summed E-state index contributed by atoms with van der Waals surface area (Å²) < 4.78 is 26.7. The van der Waals surface area contributed by atoms with E-state index in [-0.39, 0.29) is 17.5 Å². The van der Waals surface area contributed by atoms with Crippen molar-refractivity contribution in [3.05, 3.63) is 70.8 Å². The topological polar surface area (TPSA) is 29.1 Å². The number of carbonyl (C=O) groups excluding carboxylic acids is 1. The zero-order valence-electron chi connectivity index (χ0n) is 13.6. The molecule has 2 rings (SSSR count). The summed E-state index contributed by atoms with van der Waals surface area (Å²) in [5, 5.41) is 2.85. The SMILES string of the molecule is CCc1ccc(C(NC(=O)c2ccc(F)cc2F)C(C)C)cc1. The van der Waals surface area contributed by atoms with E-state index in [4.69, 9.17) is 0 Å². The number of carbonyl (C=O) groups is 1. The third-order valence-electron chi connectivity index (χ3n) is 3.88. The quantitative estimate of drug-likeness (QED) is 0.854. The lowest BCUT2D eigenvalue weighted by Gasteiger charge is -2.23. The molecule has 1 unspecified atom stereocenters. The van der Waals surface area contributed by atoms with Gasteiger partial charge >= 0.3 is 0 Å². The van der Waals surface area contributed by atoms with Crippen LogP contribution in [0.3, 0.4) is 0 Å². The minimum absolute atomic E-state index is 0.134. The van der Waals surface area contributed by atoms with Crippen LogP contribution < -0.4 is 5.32 Å². The van der Waals surface area contributed by atoms with E-state index in [1.165, 1.54) is 5.56 Å². The Morgan fingerprint density at radius 3 is 2.26 bits per heavy atom. The molecule has 0 saturated carbocycles. The van der Waals surface area contributed by atoms with Crippen molar-refractivity contribution in [3.63, 3.8) is 0 Å². The van der Waals surface area contributed by atoms with Gasteiger partial charge in [0, 0.05) is 6.07 Å². The summed E-state index contributed by atoms with van der Waals surface area (Å²) >= 11 is 0. The van der Waals surface area contributed by atoms with Crippen molar-refractivity contribution < 1.29 is 13.6 Å². The van der Waals surface area contributed by atoms with Crippen molar-refractivity contribution >= 4 is 5.91 Å². The largest absolute Gasteiger partial charge is 0.345 e. The molecule has 1 amide bonds. The second-order valence-corrected chi connectivity index (χ2v) is 5.91. The molecule has 0 aliphatic heterocycles. The van der Waals surface area contributed by atoms with E-state index in [0.29, 0.717) is 0 Å². The second-order valence-electron chi connectivity index (χ2n) is 5.91. The molecule has 0 heterocycles. The molecule has 1 atom stereocenters. The first-order valence-corrected chi connectivity index (χ1v) is 7.77.